The van der Waals surface area contributed by atoms with Gasteiger partial charge in [0.05, 0.1) is 5.92 Å². The van der Waals surface area contributed by atoms with Crippen LogP contribution in [0.15, 0.2) is 24.5 Å². The van der Waals surface area contributed by atoms with Crippen molar-refractivity contribution >= 4 is 5.91 Å². The van der Waals surface area contributed by atoms with Crippen LogP contribution in [0, 0.1) is 11.8 Å². The minimum atomic E-state index is 0.216. The van der Waals surface area contributed by atoms with E-state index in [0.29, 0.717) is 11.8 Å². The molecule has 1 amide bonds. The van der Waals surface area contributed by atoms with Crippen LogP contribution >= 0.6 is 0 Å². The molecular weight excluding hydrogens is 262 g/mol. The molecule has 2 saturated heterocycles. The van der Waals surface area contributed by atoms with Crippen molar-refractivity contribution in [3.8, 4) is 0 Å². The number of nitrogens with one attached hydrogen (secondary N) is 1. The summed E-state index contributed by atoms with van der Waals surface area (Å²) < 4.78 is 0. The number of amides is 1. The Morgan fingerprint density at radius 3 is 2.86 bits per heavy atom. The molecule has 3 rings (SSSR count). The lowest BCUT2D eigenvalue weighted by atomic mass is 9.89. The van der Waals surface area contributed by atoms with Gasteiger partial charge in [-0.3, -0.25) is 9.78 Å². The Kier molecular flexibility index (Phi) is 4.86. The normalized spacial score (nSPS) is 24.0. The average molecular weight is 287 g/mol. The predicted octanol–water partition coefficient (Wildman–Crippen LogP) is 1.86. The van der Waals surface area contributed by atoms with Gasteiger partial charge in [-0.15, -0.1) is 0 Å². The summed E-state index contributed by atoms with van der Waals surface area (Å²) in [4.78, 5) is 18.8. The number of hydrogen-bond donors (Lipinski definition) is 1. The molecule has 114 valence electrons. The predicted molar refractivity (Wildman–Crippen MR) is 82.8 cm³/mol. The third-order valence-corrected chi connectivity index (χ3v) is 4.82. The van der Waals surface area contributed by atoms with E-state index in [1.807, 2.05) is 18.5 Å². The van der Waals surface area contributed by atoms with Crippen molar-refractivity contribution in [2.24, 2.45) is 11.8 Å². The smallest absolute Gasteiger partial charge is 0.226 e. The van der Waals surface area contributed by atoms with Crippen molar-refractivity contribution in [2.75, 3.05) is 26.2 Å². The Labute approximate surface area is 126 Å². The van der Waals surface area contributed by atoms with Gasteiger partial charge in [0.2, 0.25) is 5.91 Å². The lowest BCUT2D eigenvalue weighted by Gasteiger charge is -2.35. The number of nitrogens with zero attached hydrogens (tertiary/aromatic N) is 2. The fraction of sp³-hybridized carbons (Fsp3) is 0.647. The van der Waals surface area contributed by atoms with Gasteiger partial charge >= 0.3 is 0 Å². The van der Waals surface area contributed by atoms with Crippen molar-refractivity contribution in [3.05, 3.63) is 30.1 Å². The first-order valence-electron chi connectivity index (χ1n) is 8.21. The number of aromatic nitrogens is 1. The second kappa shape index (κ2) is 7.03. The Balaban J connectivity index is 1.47. The molecule has 4 nitrogen and oxygen atoms in total. The molecule has 1 atom stereocenters. The first-order chi connectivity index (χ1) is 10.3. The molecule has 0 aliphatic carbocycles. The molecule has 0 bridgehead atoms. The quantitative estimate of drug-likeness (QED) is 0.923. The minimum Gasteiger partial charge on any atom is -0.342 e. The van der Waals surface area contributed by atoms with Crippen LogP contribution in [0.3, 0.4) is 0 Å². The fourth-order valence-electron chi connectivity index (χ4n) is 3.53. The number of carbonyl (C=O) groups is 1. The summed E-state index contributed by atoms with van der Waals surface area (Å²) in [5, 5.41) is 3.34. The Hall–Kier alpha value is -1.42. The SMILES string of the molecule is O=C(C1CCCNC1)N1CCC(Cc2cccnc2)CC1. The molecule has 1 aromatic rings. The van der Waals surface area contributed by atoms with Crippen LogP contribution in [-0.4, -0.2) is 42.0 Å². The van der Waals surface area contributed by atoms with Crippen molar-refractivity contribution in [3.63, 3.8) is 0 Å². The van der Waals surface area contributed by atoms with Crippen LogP contribution in [0.4, 0.5) is 0 Å². The molecule has 0 radical (unpaired) electrons. The Morgan fingerprint density at radius 2 is 2.19 bits per heavy atom. The molecular formula is C17H25N3O. The highest BCUT2D eigenvalue weighted by molar-refractivity contribution is 5.79. The number of rotatable bonds is 3. The number of carbonyl (C=O) groups excluding carboxylic acids is 1. The fourth-order valence-corrected chi connectivity index (χ4v) is 3.53. The summed E-state index contributed by atoms with van der Waals surface area (Å²) in [6.45, 7) is 3.80. The molecule has 2 aliphatic heterocycles. The molecule has 0 spiro atoms. The van der Waals surface area contributed by atoms with Crippen LogP contribution in [-0.2, 0) is 11.2 Å². The summed E-state index contributed by atoms with van der Waals surface area (Å²) in [5.41, 5.74) is 1.32. The molecule has 0 aromatic carbocycles. The first kappa shape index (κ1) is 14.5. The summed E-state index contributed by atoms with van der Waals surface area (Å²) in [7, 11) is 0. The molecule has 1 N–H and O–H groups in total. The van der Waals surface area contributed by atoms with Gasteiger partial charge in [-0.2, -0.15) is 0 Å². The van der Waals surface area contributed by atoms with Crippen LogP contribution in [0.1, 0.15) is 31.2 Å². The number of likely N-dealkylation sites (tertiary alicyclic amines) is 1. The summed E-state index contributed by atoms with van der Waals surface area (Å²) >= 11 is 0. The third-order valence-electron chi connectivity index (χ3n) is 4.82. The third kappa shape index (κ3) is 3.82. The van der Waals surface area contributed by atoms with E-state index in [1.54, 1.807) is 0 Å². The molecule has 2 fully saturated rings. The van der Waals surface area contributed by atoms with E-state index < -0.39 is 0 Å². The first-order valence-corrected chi connectivity index (χ1v) is 8.21. The monoisotopic (exact) mass is 287 g/mol. The largest absolute Gasteiger partial charge is 0.342 e. The molecule has 1 unspecified atom stereocenters. The molecule has 1 aromatic heterocycles. The van der Waals surface area contributed by atoms with Gasteiger partial charge in [-0.05, 0) is 56.2 Å². The van der Waals surface area contributed by atoms with Gasteiger partial charge < -0.3 is 10.2 Å². The standard InChI is InChI=1S/C17H25N3O/c21-17(16-4-2-8-19-13-16)20-9-5-14(6-10-20)11-15-3-1-7-18-12-15/h1,3,7,12,14,16,19H,2,4-6,8-11,13H2. The van der Waals surface area contributed by atoms with E-state index >= 15 is 0 Å². The van der Waals surface area contributed by atoms with E-state index in [-0.39, 0.29) is 5.92 Å². The minimum absolute atomic E-state index is 0.216. The van der Waals surface area contributed by atoms with E-state index in [9.17, 15) is 4.79 Å². The molecule has 2 aliphatic rings. The average Bonchev–Trinajstić information content (AvgIpc) is 2.57. The van der Waals surface area contributed by atoms with Crippen LogP contribution in [0.5, 0.6) is 0 Å². The molecule has 0 saturated carbocycles. The summed E-state index contributed by atoms with van der Waals surface area (Å²) in [6, 6.07) is 4.16. The summed E-state index contributed by atoms with van der Waals surface area (Å²) in [6.07, 6.45) is 9.33. The van der Waals surface area contributed by atoms with Crippen LogP contribution < -0.4 is 5.32 Å². The van der Waals surface area contributed by atoms with Crippen LogP contribution in [0.25, 0.3) is 0 Å². The topological polar surface area (TPSA) is 45.2 Å². The van der Waals surface area contributed by atoms with Gasteiger partial charge in [0.15, 0.2) is 0 Å². The van der Waals surface area contributed by atoms with E-state index in [0.717, 1.165) is 58.3 Å². The Bertz CT molecular complexity index is 448. The number of hydrogen-bond acceptors (Lipinski definition) is 3. The number of piperidine rings is 2. The second-order valence-electron chi connectivity index (χ2n) is 6.38. The van der Waals surface area contributed by atoms with Crippen LogP contribution in [0.2, 0.25) is 0 Å². The maximum Gasteiger partial charge on any atom is 0.226 e. The van der Waals surface area contributed by atoms with E-state index in [4.69, 9.17) is 0 Å². The highest BCUT2D eigenvalue weighted by Crippen LogP contribution is 2.23. The molecule has 21 heavy (non-hydrogen) atoms. The van der Waals surface area contributed by atoms with Gasteiger partial charge in [0.25, 0.3) is 0 Å². The van der Waals surface area contributed by atoms with E-state index in [1.165, 1.54) is 5.56 Å². The van der Waals surface area contributed by atoms with Crippen molar-refractivity contribution in [1.29, 1.82) is 0 Å². The van der Waals surface area contributed by atoms with Gasteiger partial charge in [0.1, 0.15) is 0 Å². The van der Waals surface area contributed by atoms with Crippen molar-refractivity contribution in [1.82, 2.24) is 15.2 Å². The zero-order valence-electron chi connectivity index (χ0n) is 12.6. The van der Waals surface area contributed by atoms with Gasteiger partial charge in [-0.1, -0.05) is 6.07 Å². The summed E-state index contributed by atoms with van der Waals surface area (Å²) in [5.74, 6) is 1.29. The zero-order valence-corrected chi connectivity index (χ0v) is 12.6. The Morgan fingerprint density at radius 1 is 1.33 bits per heavy atom. The van der Waals surface area contributed by atoms with Crippen molar-refractivity contribution < 1.29 is 4.79 Å². The lowest BCUT2D eigenvalue weighted by molar-refractivity contribution is -0.137. The highest BCUT2D eigenvalue weighted by Gasteiger charge is 2.29. The maximum absolute atomic E-state index is 12.5. The van der Waals surface area contributed by atoms with Gasteiger partial charge in [0, 0.05) is 32.0 Å². The lowest BCUT2D eigenvalue weighted by Crippen LogP contribution is -2.46. The van der Waals surface area contributed by atoms with E-state index in [2.05, 4.69) is 21.3 Å². The van der Waals surface area contributed by atoms with Gasteiger partial charge in [-0.25, -0.2) is 0 Å². The molecule has 4 heteroatoms. The number of pyridine rings is 1. The highest BCUT2D eigenvalue weighted by atomic mass is 16.2. The molecule has 3 heterocycles. The van der Waals surface area contributed by atoms with Crippen molar-refractivity contribution in [2.45, 2.75) is 32.1 Å². The second-order valence-corrected chi connectivity index (χ2v) is 6.38. The maximum atomic E-state index is 12.5. The zero-order chi connectivity index (χ0) is 14.5.